The highest BCUT2D eigenvalue weighted by Gasteiger charge is 2.44. The van der Waals surface area contributed by atoms with Gasteiger partial charge in [-0.1, -0.05) is 145 Å². The first-order chi connectivity index (χ1) is 26.3. The SMILES string of the molecule is CCC/C=C\C/C=C\CCCCCCCC(=O)NC(COC1OC(CO)C(O)C(O)C1O)C(O)/C=C/CC/C=C/CC/C=C/CCCCCCCCCC. The molecule has 0 bridgehead atoms. The first kappa shape index (κ1) is 49.9. The van der Waals surface area contributed by atoms with Crippen LogP contribution in [0.2, 0.25) is 0 Å². The largest absolute Gasteiger partial charge is 0.394 e. The summed E-state index contributed by atoms with van der Waals surface area (Å²) in [6, 6.07) is -0.835. The molecule has 312 valence electrons. The molecule has 0 saturated carbocycles. The van der Waals surface area contributed by atoms with Crippen LogP contribution in [-0.4, -0.2) is 87.5 Å². The highest BCUT2D eigenvalue weighted by molar-refractivity contribution is 5.76. The lowest BCUT2D eigenvalue weighted by Gasteiger charge is -2.40. The number of nitrogens with one attached hydrogen (secondary N) is 1. The molecule has 1 saturated heterocycles. The number of hydrogen-bond donors (Lipinski definition) is 6. The van der Waals surface area contributed by atoms with Crippen molar-refractivity contribution in [2.75, 3.05) is 13.2 Å². The highest BCUT2D eigenvalue weighted by atomic mass is 16.7. The maximum atomic E-state index is 12.9. The van der Waals surface area contributed by atoms with Gasteiger partial charge in [0.1, 0.15) is 24.4 Å². The van der Waals surface area contributed by atoms with Crippen LogP contribution in [0.5, 0.6) is 0 Å². The van der Waals surface area contributed by atoms with Gasteiger partial charge in [0, 0.05) is 6.42 Å². The number of ether oxygens (including phenoxy) is 2. The Labute approximate surface area is 328 Å². The van der Waals surface area contributed by atoms with E-state index in [9.17, 15) is 30.3 Å². The van der Waals surface area contributed by atoms with E-state index in [0.29, 0.717) is 6.42 Å². The maximum Gasteiger partial charge on any atom is 0.220 e. The van der Waals surface area contributed by atoms with Gasteiger partial charge < -0.3 is 40.3 Å². The number of unbranched alkanes of at least 4 members (excludes halogenated alkanes) is 16. The van der Waals surface area contributed by atoms with Gasteiger partial charge in [-0.2, -0.15) is 0 Å². The molecule has 54 heavy (non-hydrogen) atoms. The number of aliphatic hydroxyl groups excluding tert-OH is 5. The van der Waals surface area contributed by atoms with Crippen molar-refractivity contribution in [1.29, 1.82) is 0 Å². The van der Waals surface area contributed by atoms with E-state index < -0.39 is 49.5 Å². The Morgan fingerprint density at radius 3 is 1.74 bits per heavy atom. The summed E-state index contributed by atoms with van der Waals surface area (Å²) in [6.07, 6.45) is 38.3. The Hall–Kier alpha value is -2.11. The van der Waals surface area contributed by atoms with Gasteiger partial charge in [-0.05, 0) is 70.6 Å². The number of aliphatic hydroxyl groups is 5. The zero-order valence-corrected chi connectivity index (χ0v) is 34.0. The molecule has 1 heterocycles. The maximum absolute atomic E-state index is 12.9. The average molecular weight is 762 g/mol. The second-order valence-corrected chi connectivity index (χ2v) is 14.8. The summed E-state index contributed by atoms with van der Waals surface area (Å²) in [6.45, 7) is 3.65. The van der Waals surface area contributed by atoms with Crippen molar-refractivity contribution >= 4 is 5.91 Å². The van der Waals surface area contributed by atoms with Gasteiger partial charge >= 0.3 is 0 Å². The summed E-state index contributed by atoms with van der Waals surface area (Å²) >= 11 is 0. The molecular formula is C45H79NO8. The minimum Gasteiger partial charge on any atom is -0.394 e. The number of allylic oxidation sites excluding steroid dienone is 9. The molecular weight excluding hydrogens is 682 g/mol. The van der Waals surface area contributed by atoms with Crippen LogP contribution >= 0.6 is 0 Å². The highest BCUT2D eigenvalue weighted by Crippen LogP contribution is 2.22. The number of carbonyl (C=O) groups is 1. The lowest BCUT2D eigenvalue weighted by Crippen LogP contribution is -2.60. The predicted octanol–water partition coefficient (Wildman–Crippen LogP) is 8.44. The Morgan fingerprint density at radius 2 is 1.15 bits per heavy atom. The van der Waals surface area contributed by atoms with Crippen LogP contribution < -0.4 is 5.32 Å². The molecule has 1 fully saturated rings. The summed E-state index contributed by atoms with van der Waals surface area (Å²) in [4.78, 5) is 12.9. The lowest BCUT2D eigenvalue weighted by atomic mass is 9.99. The van der Waals surface area contributed by atoms with Crippen molar-refractivity contribution in [1.82, 2.24) is 5.32 Å². The topological polar surface area (TPSA) is 149 Å². The van der Waals surface area contributed by atoms with Crippen molar-refractivity contribution in [2.45, 2.75) is 204 Å². The molecule has 1 aliphatic rings. The van der Waals surface area contributed by atoms with E-state index >= 15 is 0 Å². The van der Waals surface area contributed by atoms with Gasteiger partial charge in [0.05, 0.1) is 25.4 Å². The van der Waals surface area contributed by atoms with Crippen LogP contribution in [-0.2, 0) is 14.3 Å². The minimum absolute atomic E-state index is 0.210. The van der Waals surface area contributed by atoms with E-state index in [4.69, 9.17) is 9.47 Å². The van der Waals surface area contributed by atoms with Gasteiger partial charge in [0.15, 0.2) is 6.29 Å². The molecule has 1 amide bonds. The molecule has 0 aromatic heterocycles. The second-order valence-electron chi connectivity index (χ2n) is 14.8. The zero-order valence-electron chi connectivity index (χ0n) is 34.0. The first-order valence-corrected chi connectivity index (χ1v) is 21.5. The standard InChI is InChI=1S/C45H79NO8/c1-3-5-7-9-11-13-15-17-18-19-20-21-23-24-26-28-30-32-34-39(48)38(37-53-45-44(52)43(51)42(50)40(36-47)54-45)46-41(49)35-33-31-29-27-25-22-16-14-12-10-8-6-4-2/h8,10,14,16,19-20,24,26,32,34,38-40,42-45,47-48,50-52H,3-7,9,11-13,15,17-18,21-23,25,27-31,33,35-37H2,1-2H3,(H,46,49)/b10-8-,16-14-,20-19+,26-24+,34-32+. The van der Waals surface area contributed by atoms with Crippen molar-refractivity contribution in [3.63, 3.8) is 0 Å². The smallest absolute Gasteiger partial charge is 0.220 e. The molecule has 7 unspecified atom stereocenters. The fourth-order valence-electron chi connectivity index (χ4n) is 6.28. The fraction of sp³-hybridized carbons (Fsp3) is 0.756. The van der Waals surface area contributed by atoms with E-state index in [2.05, 4.69) is 67.8 Å². The van der Waals surface area contributed by atoms with Gasteiger partial charge in [-0.3, -0.25) is 4.79 Å². The monoisotopic (exact) mass is 762 g/mol. The molecule has 0 aliphatic carbocycles. The van der Waals surface area contributed by atoms with Crippen molar-refractivity contribution in [3.05, 3.63) is 60.8 Å². The normalized spacial score (nSPS) is 22.1. The molecule has 1 rings (SSSR count). The van der Waals surface area contributed by atoms with Crippen LogP contribution in [0.3, 0.4) is 0 Å². The van der Waals surface area contributed by atoms with Crippen LogP contribution in [0.25, 0.3) is 0 Å². The van der Waals surface area contributed by atoms with Crippen LogP contribution in [0, 0.1) is 0 Å². The summed E-state index contributed by atoms with van der Waals surface area (Å²) in [5.41, 5.74) is 0. The quantitative estimate of drug-likeness (QED) is 0.0283. The van der Waals surface area contributed by atoms with Crippen molar-refractivity contribution < 1.29 is 39.8 Å². The molecule has 9 heteroatoms. The Balaban J connectivity index is 2.45. The Bertz CT molecular complexity index is 1030. The fourth-order valence-corrected chi connectivity index (χ4v) is 6.28. The second kappa shape index (κ2) is 35.3. The predicted molar refractivity (Wildman–Crippen MR) is 221 cm³/mol. The third kappa shape index (κ3) is 25.9. The average Bonchev–Trinajstić information content (AvgIpc) is 3.17. The van der Waals surface area contributed by atoms with Crippen LogP contribution in [0.15, 0.2) is 60.8 Å². The Morgan fingerprint density at radius 1 is 0.630 bits per heavy atom. The third-order valence-electron chi connectivity index (χ3n) is 9.77. The molecule has 7 atom stereocenters. The van der Waals surface area contributed by atoms with Gasteiger partial charge in [-0.25, -0.2) is 0 Å². The lowest BCUT2D eigenvalue weighted by molar-refractivity contribution is -0.302. The van der Waals surface area contributed by atoms with Crippen molar-refractivity contribution in [3.8, 4) is 0 Å². The van der Waals surface area contributed by atoms with Crippen molar-refractivity contribution in [2.24, 2.45) is 0 Å². The molecule has 1 aliphatic heterocycles. The first-order valence-electron chi connectivity index (χ1n) is 21.5. The van der Waals surface area contributed by atoms with E-state index in [1.807, 2.05) is 6.08 Å². The van der Waals surface area contributed by atoms with Gasteiger partial charge in [-0.15, -0.1) is 0 Å². The number of rotatable bonds is 34. The zero-order chi connectivity index (χ0) is 39.5. The summed E-state index contributed by atoms with van der Waals surface area (Å²) in [5.74, 6) is -0.210. The van der Waals surface area contributed by atoms with Gasteiger partial charge in [0.2, 0.25) is 5.91 Å². The molecule has 9 nitrogen and oxygen atoms in total. The minimum atomic E-state index is -1.58. The van der Waals surface area contributed by atoms with Crippen LogP contribution in [0.4, 0.5) is 0 Å². The van der Waals surface area contributed by atoms with E-state index in [1.165, 1.54) is 57.8 Å². The molecule has 0 radical (unpaired) electrons. The number of amides is 1. The van der Waals surface area contributed by atoms with E-state index in [-0.39, 0.29) is 12.5 Å². The molecule has 6 N–H and O–H groups in total. The number of carbonyl (C=O) groups excluding carboxylic acids is 1. The Kier molecular flexibility index (Phi) is 32.6. The van der Waals surface area contributed by atoms with Gasteiger partial charge in [0.25, 0.3) is 0 Å². The summed E-state index contributed by atoms with van der Waals surface area (Å²) < 4.78 is 11.2. The summed E-state index contributed by atoms with van der Waals surface area (Å²) in [7, 11) is 0. The molecule has 0 aromatic rings. The summed E-state index contributed by atoms with van der Waals surface area (Å²) in [5, 5.41) is 54.0. The molecule has 0 spiro atoms. The molecule has 0 aromatic carbocycles. The van der Waals surface area contributed by atoms with E-state index in [1.54, 1.807) is 6.08 Å². The third-order valence-corrected chi connectivity index (χ3v) is 9.77. The van der Waals surface area contributed by atoms with Crippen LogP contribution in [0.1, 0.15) is 162 Å². The van der Waals surface area contributed by atoms with E-state index in [0.717, 1.165) is 83.5 Å². The number of hydrogen-bond acceptors (Lipinski definition) is 8.